The van der Waals surface area contributed by atoms with Crippen molar-refractivity contribution in [1.82, 2.24) is 10.2 Å². The first-order valence-electron chi connectivity index (χ1n) is 9.19. The third-order valence-electron chi connectivity index (χ3n) is 5.66. The SMILES string of the molecule is CC1C(NC(=O)c2ccc(Sc3ccccc3Cl)cc2)C2CCN1CC2. The molecule has 3 heterocycles. The molecule has 5 heteroatoms. The van der Waals surface area contributed by atoms with Gasteiger partial charge in [-0.2, -0.15) is 0 Å². The van der Waals surface area contributed by atoms with E-state index < -0.39 is 0 Å². The normalized spacial score (nSPS) is 27.3. The van der Waals surface area contributed by atoms with Crippen molar-refractivity contribution in [2.75, 3.05) is 13.1 Å². The molecule has 3 aliphatic rings. The molecule has 0 spiro atoms. The van der Waals surface area contributed by atoms with Crippen LogP contribution in [0.25, 0.3) is 0 Å². The van der Waals surface area contributed by atoms with E-state index in [2.05, 4.69) is 17.1 Å². The average molecular weight is 387 g/mol. The first kappa shape index (κ1) is 17.9. The Balaban J connectivity index is 1.42. The highest BCUT2D eigenvalue weighted by atomic mass is 35.5. The van der Waals surface area contributed by atoms with Gasteiger partial charge in [-0.05, 0) is 75.2 Å². The van der Waals surface area contributed by atoms with E-state index in [1.807, 2.05) is 48.5 Å². The van der Waals surface area contributed by atoms with Crippen LogP contribution in [0.3, 0.4) is 0 Å². The first-order chi connectivity index (χ1) is 12.6. The summed E-state index contributed by atoms with van der Waals surface area (Å²) in [5, 5.41) is 4.03. The zero-order valence-corrected chi connectivity index (χ0v) is 16.4. The number of rotatable bonds is 4. The van der Waals surface area contributed by atoms with Crippen LogP contribution in [0.1, 0.15) is 30.1 Å². The summed E-state index contributed by atoms with van der Waals surface area (Å²) in [6.45, 7) is 4.58. The third kappa shape index (κ3) is 3.64. The molecular weight excluding hydrogens is 364 g/mol. The number of halogens is 1. The highest BCUT2D eigenvalue weighted by Crippen LogP contribution is 2.34. The lowest BCUT2D eigenvalue weighted by atomic mass is 9.79. The van der Waals surface area contributed by atoms with Gasteiger partial charge in [0.05, 0.1) is 5.02 Å². The lowest BCUT2D eigenvalue weighted by Gasteiger charge is -2.49. The Kier molecular flexibility index (Phi) is 5.25. The van der Waals surface area contributed by atoms with Crippen molar-refractivity contribution < 1.29 is 4.79 Å². The summed E-state index contributed by atoms with van der Waals surface area (Å²) >= 11 is 7.83. The lowest BCUT2D eigenvalue weighted by molar-refractivity contribution is 0.0217. The predicted molar refractivity (Wildman–Crippen MR) is 107 cm³/mol. The van der Waals surface area contributed by atoms with Crippen LogP contribution < -0.4 is 5.32 Å². The Hall–Kier alpha value is -1.49. The number of fused-ring (bicyclic) bond motifs is 3. The second-order valence-electron chi connectivity index (χ2n) is 7.17. The number of hydrogen-bond acceptors (Lipinski definition) is 3. The molecule has 3 nitrogen and oxygen atoms in total. The molecule has 5 rings (SSSR count). The molecule has 136 valence electrons. The maximum atomic E-state index is 12.7. The third-order valence-corrected chi connectivity index (χ3v) is 7.18. The molecule has 3 aliphatic heterocycles. The first-order valence-corrected chi connectivity index (χ1v) is 10.4. The Morgan fingerprint density at radius 1 is 1.12 bits per heavy atom. The Morgan fingerprint density at radius 3 is 2.46 bits per heavy atom. The topological polar surface area (TPSA) is 32.3 Å². The molecule has 0 aromatic heterocycles. The van der Waals surface area contributed by atoms with E-state index in [0.717, 1.165) is 20.4 Å². The van der Waals surface area contributed by atoms with Gasteiger partial charge in [-0.1, -0.05) is 35.5 Å². The molecule has 2 aromatic carbocycles. The van der Waals surface area contributed by atoms with Crippen molar-refractivity contribution in [3.63, 3.8) is 0 Å². The number of piperidine rings is 3. The summed E-state index contributed by atoms with van der Waals surface area (Å²) < 4.78 is 0. The molecule has 3 saturated heterocycles. The second-order valence-corrected chi connectivity index (χ2v) is 8.69. The molecule has 1 amide bonds. The maximum Gasteiger partial charge on any atom is 0.251 e. The fraction of sp³-hybridized carbons (Fsp3) is 0.381. The van der Waals surface area contributed by atoms with Crippen molar-refractivity contribution in [2.45, 2.75) is 41.6 Å². The molecule has 0 radical (unpaired) electrons. The lowest BCUT2D eigenvalue weighted by Crippen LogP contribution is -2.62. The van der Waals surface area contributed by atoms with Crippen molar-refractivity contribution in [3.05, 3.63) is 59.1 Å². The van der Waals surface area contributed by atoms with Crippen LogP contribution in [0.15, 0.2) is 58.3 Å². The average Bonchev–Trinajstić information content (AvgIpc) is 2.67. The number of benzene rings is 2. The van der Waals surface area contributed by atoms with Gasteiger partial charge in [0.25, 0.3) is 5.91 Å². The van der Waals surface area contributed by atoms with Crippen LogP contribution in [0.5, 0.6) is 0 Å². The monoisotopic (exact) mass is 386 g/mol. The van der Waals surface area contributed by atoms with Gasteiger partial charge in [-0.25, -0.2) is 0 Å². The van der Waals surface area contributed by atoms with Crippen LogP contribution in [-0.4, -0.2) is 36.0 Å². The smallest absolute Gasteiger partial charge is 0.251 e. The number of carbonyl (C=O) groups is 1. The fourth-order valence-corrected chi connectivity index (χ4v) is 5.20. The number of carbonyl (C=O) groups excluding carboxylic acids is 1. The Bertz CT molecular complexity index is 785. The largest absolute Gasteiger partial charge is 0.347 e. The molecule has 0 aliphatic carbocycles. The summed E-state index contributed by atoms with van der Waals surface area (Å²) in [6.07, 6.45) is 2.39. The zero-order chi connectivity index (χ0) is 18.1. The van der Waals surface area contributed by atoms with E-state index in [1.165, 1.54) is 25.9 Å². The van der Waals surface area contributed by atoms with Crippen LogP contribution in [0, 0.1) is 5.92 Å². The van der Waals surface area contributed by atoms with Crippen molar-refractivity contribution in [3.8, 4) is 0 Å². The van der Waals surface area contributed by atoms with Crippen LogP contribution >= 0.6 is 23.4 Å². The molecular formula is C21H23ClN2OS. The Morgan fingerprint density at radius 2 is 1.81 bits per heavy atom. The predicted octanol–water partition coefficient (Wildman–Crippen LogP) is 4.70. The van der Waals surface area contributed by atoms with E-state index in [0.29, 0.717) is 12.0 Å². The minimum Gasteiger partial charge on any atom is -0.347 e. The molecule has 3 fully saturated rings. The highest BCUT2D eigenvalue weighted by Gasteiger charge is 2.40. The van der Waals surface area contributed by atoms with Crippen LogP contribution in [0.2, 0.25) is 5.02 Å². The van der Waals surface area contributed by atoms with Gasteiger partial charge >= 0.3 is 0 Å². The minimum atomic E-state index is 0.0323. The Labute approximate surface area is 164 Å². The number of amides is 1. The van der Waals surface area contributed by atoms with Gasteiger partial charge < -0.3 is 5.32 Å². The van der Waals surface area contributed by atoms with Crippen molar-refractivity contribution >= 4 is 29.3 Å². The quantitative estimate of drug-likeness (QED) is 0.826. The summed E-state index contributed by atoms with van der Waals surface area (Å²) in [4.78, 5) is 17.3. The molecule has 0 saturated carbocycles. The van der Waals surface area contributed by atoms with E-state index in [-0.39, 0.29) is 11.9 Å². The summed E-state index contributed by atoms with van der Waals surface area (Å²) in [5.74, 6) is 0.652. The van der Waals surface area contributed by atoms with E-state index in [1.54, 1.807) is 11.8 Å². The van der Waals surface area contributed by atoms with Crippen molar-refractivity contribution in [1.29, 1.82) is 0 Å². The molecule has 2 aromatic rings. The van der Waals surface area contributed by atoms with Gasteiger partial charge in [-0.3, -0.25) is 9.69 Å². The molecule has 26 heavy (non-hydrogen) atoms. The molecule has 2 atom stereocenters. The number of hydrogen-bond donors (Lipinski definition) is 1. The van der Waals surface area contributed by atoms with Gasteiger partial charge in [0.15, 0.2) is 0 Å². The highest BCUT2D eigenvalue weighted by molar-refractivity contribution is 7.99. The molecule has 2 bridgehead atoms. The number of nitrogens with zero attached hydrogens (tertiary/aromatic N) is 1. The van der Waals surface area contributed by atoms with Gasteiger partial charge in [0, 0.05) is 27.4 Å². The summed E-state index contributed by atoms with van der Waals surface area (Å²) in [5.41, 5.74) is 0.720. The molecule has 1 N–H and O–H groups in total. The van der Waals surface area contributed by atoms with Crippen molar-refractivity contribution in [2.24, 2.45) is 5.92 Å². The van der Waals surface area contributed by atoms with E-state index >= 15 is 0 Å². The zero-order valence-electron chi connectivity index (χ0n) is 14.8. The van der Waals surface area contributed by atoms with Crippen LogP contribution in [-0.2, 0) is 0 Å². The van der Waals surface area contributed by atoms with Gasteiger partial charge in [0.2, 0.25) is 0 Å². The van der Waals surface area contributed by atoms with E-state index in [9.17, 15) is 4.79 Å². The summed E-state index contributed by atoms with van der Waals surface area (Å²) in [7, 11) is 0. The summed E-state index contributed by atoms with van der Waals surface area (Å²) in [6, 6.07) is 16.3. The number of nitrogens with one attached hydrogen (secondary N) is 1. The van der Waals surface area contributed by atoms with Gasteiger partial charge in [0.1, 0.15) is 0 Å². The minimum absolute atomic E-state index is 0.0323. The van der Waals surface area contributed by atoms with Gasteiger partial charge in [-0.15, -0.1) is 0 Å². The van der Waals surface area contributed by atoms with Crippen LogP contribution in [0.4, 0.5) is 0 Å². The second kappa shape index (κ2) is 7.63. The van der Waals surface area contributed by atoms with E-state index in [4.69, 9.17) is 11.6 Å². The maximum absolute atomic E-state index is 12.7. The fourth-order valence-electron chi connectivity index (χ4n) is 4.11. The molecule has 2 unspecified atom stereocenters. The standard InChI is InChI=1S/C21H23ClN2OS/c1-14-20(15-10-12-24(14)13-11-15)23-21(25)16-6-8-17(9-7-16)26-19-5-3-2-4-18(19)22/h2-9,14-15,20H,10-13H2,1H3,(H,23,25).